The number of carbonyl (C=O) groups excluding carboxylic acids is 1. The summed E-state index contributed by atoms with van der Waals surface area (Å²) in [7, 11) is -4.51. The lowest BCUT2D eigenvalue weighted by atomic mass is 9.95. The summed E-state index contributed by atoms with van der Waals surface area (Å²) in [6, 6.07) is 4.79. The molecule has 146 valence electrons. The average Bonchev–Trinajstić information content (AvgIpc) is 3.29. The number of alkyl halides is 3. The monoisotopic (exact) mass is 396 g/mol. The molecule has 0 aliphatic heterocycles. The Balaban J connectivity index is 2.18. The Morgan fingerprint density at radius 3 is 2.38 bits per heavy atom. The van der Waals surface area contributed by atoms with Crippen LogP contribution in [0, 0.1) is 0 Å². The van der Waals surface area contributed by atoms with Gasteiger partial charge in [-0.25, -0.2) is 0 Å². The predicted octanol–water partition coefficient (Wildman–Crippen LogP) is 2.91. The molecular formula is C16H19F3O6S. The molecule has 0 unspecified atom stereocenters. The van der Waals surface area contributed by atoms with Gasteiger partial charge in [0.1, 0.15) is 11.2 Å². The van der Waals surface area contributed by atoms with Crippen LogP contribution in [0.2, 0.25) is 0 Å². The highest BCUT2D eigenvalue weighted by Gasteiger charge is 2.63. The number of ether oxygens (including phenoxy) is 2. The van der Waals surface area contributed by atoms with Crippen molar-refractivity contribution in [1.29, 1.82) is 0 Å². The van der Waals surface area contributed by atoms with E-state index in [1.165, 1.54) is 19.2 Å². The Morgan fingerprint density at radius 1 is 1.27 bits per heavy atom. The molecule has 1 aliphatic carbocycles. The van der Waals surface area contributed by atoms with Gasteiger partial charge in [-0.1, -0.05) is 25.5 Å². The van der Waals surface area contributed by atoms with Crippen molar-refractivity contribution in [2.24, 2.45) is 0 Å². The third-order valence-electron chi connectivity index (χ3n) is 4.12. The van der Waals surface area contributed by atoms with Gasteiger partial charge in [-0.3, -0.25) is 4.79 Å². The molecule has 0 aromatic heterocycles. The number of halogens is 3. The van der Waals surface area contributed by atoms with Crippen LogP contribution in [-0.2, 0) is 29.8 Å². The second-order valence-corrected chi connectivity index (χ2v) is 7.43. The summed E-state index contributed by atoms with van der Waals surface area (Å²) in [5, 5.41) is 0. The highest BCUT2D eigenvalue weighted by Crippen LogP contribution is 2.52. The number of methoxy groups -OCH3 is 1. The fourth-order valence-corrected chi connectivity index (χ4v) is 3.06. The number of unbranched alkanes of at least 4 members (excludes halogenated alkanes) is 1. The van der Waals surface area contributed by atoms with Crippen molar-refractivity contribution >= 4 is 16.1 Å². The molecule has 2 atom stereocenters. The van der Waals surface area contributed by atoms with Crippen molar-refractivity contribution in [3.8, 4) is 5.75 Å². The van der Waals surface area contributed by atoms with Crippen molar-refractivity contribution in [1.82, 2.24) is 0 Å². The molecule has 0 heterocycles. The third-order valence-corrected chi connectivity index (χ3v) is 5.10. The standard InChI is InChI=1S/C16H19F3O6S/c1-3-4-9-24-13-10-15(13,14(20)23-2)11-5-7-12(8-6-11)25-26(21,22)16(17,18)19/h5-8,13H,3-4,9-10H2,1-2H3/t13-,15+/m1/s1. The fourth-order valence-electron chi connectivity index (χ4n) is 2.60. The van der Waals surface area contributed by atoms with Crippen LogP contribution in [0.15, 0.2) is 24.3 Å². The lowest BCUT2D eigenvalue weighted by molar-refractivity contribution is -0.145. The maximum Gasteiger partial charge on any atom is 0.534 e. The second-order valence-electron chi connectivity index (χ2n) is 5.89. The van der Waals surface area contributed by atoms with E-state index in [4.69, 9.17) is 9.47 Å². The van der Waals surface area contributed by atoms with E-state index in [2.05, 4.69) is 4.18 Å². The highest BCUT2D eigenvalue weighted by molar-refractivity contribution is 7.88. The van der Waals surface area contributed by atoms with Gasteiger partial charge >= 0.3 is 21.6 Å². The van der Waals surface area contributed by atoms with Crippen LogP contribution in [0.5, 0.6) is 5.75 Å². The molecule has 0 bridgehead atoms. The number of hydrogen-bond donors (Lipinski definition) is 0. The van der Waals surface area contributed by atoms with Gasteiger partial charge < -0.3 is 13.7 Å². The quantitative estimate of drug-likeness (QED) is 0.291. The normalized spacial score (nSPS) is 22.7. The molecular weight excluding hydrogens is 377 g/mol. The van der Waals surface area contributed by atoms with Gasteiger partial charge in [0.25, 0.3) is 0 Å². The van der Waals surface area contributed by atoms with Gasteiger partial charge in [0, 0.05) is 6.61 Å². The molecule has 2 rings (SSSR count). The van der Waals surface area contributed by atoms with Gasteiger partial charge in [-0.2, -0.15) is 21.6 Å². The summed E-state index contributed by atoms with van der Waals surface area (Å²) in [5.41, 5.74) is -6.10. The van der Waals surface area contributed by atoms with Gasteiger partial charge in [0.05, 0.1) is 13.2 Å². The number of rotatable bonds is 8. The summed E-state index contributed by atoms with van der Waals surface area (Å²) in [6.07, 6.45) is 1.74. The maximum atomic E-state index is 12.4. The van der Waals surface area contributed by atoms with Crippen molar-refractivity contribution in [2.75, 3.05) is 13.7 Å². The van der Waals surface area contributed by atoms with Crippen LogP contribution in [0.1, 0.15) is 31.7 Å². The Hall–Kier alpha value is -1.81. The maximum absolute atomic E-state index is 12.4. The predicted molar refractivity (Wildman–Crippen MR) is 85.0 cm³/mol. The number of esters is 1. The average molecular weight is 396 g/mol. The Labute approximate surface area is 149 Å². The fraction of sp³-hybridized carbons (Fsp3) is 0.562. The Kier molecular flexibility index (Phi) is 5.86. The van der Waals surface area contributed by atoms with E-state index < -0.39 is 38.9 Å². The minimum Gasteiger partial charge on any atom is -0.468 e. The molecule has 10 heteroatoms. The minimum absolute atomic E-state index is 0.379. The third kappa shape index (κ3) is 3.96. The summed E-state index contributed by atoms with van der Waals surface area (Å²) in [4.78, 5) is 12.2. The van der Waals surface area contributed by atoms with E-state index in [9.17, 15) is 26.4 Å². The minimum atomic E-state index is -5.75. The molecule has 1 aromatic carbocycles. The molecule has 0 amide bonds. The molecule has 0 radical (unpaired) electrons. The van der Waals surface area contributed by atoms with Crippen LogP contribution in [-0.4, -0.2) is 39.7 Å². The number of carbonyl (C=O) groups is 1. The van der Waals surface area contributed by atoms with E-state index in [1.54, 1.807) is 0 Å². The first-order valence-corrected chi connectivity index (χ1v) is 9.30. The number of hydrogen-bond acceptors (Lipinski definition) is 6. The van der Waals surface area contributed by atoms with Crippen molar-refractivity contribution in [2.45, 2.75) is 43.2 Å². The van der Waals surface area contributed by atoms with Crippen LogP contribution in [0.25, 0.3) is 0 Å². The van der Waals surface area contributed by atoms with Crippen LogP contribution in [0.4, 0.5) is 13.2 Å². The molecule has 1 aliphatic rings. The van der Waals surface area contributed by atoms with Crippen molar-refractivity contribution in [3.63, 3.8) is 0 Å². The van der Waals surface area contributed by atoms with E-state index in [-0.39, 0.29) is 0 Å². The van der Waals surface area contributed by atoms with Crippen LogP contribution >= 0.6 is 0 Å². The zero-order valence-electron chi connectivity index (χ0n) is 14.2. The zero-order valence-corrected chi connectivity index (χ0v) is 15.0. The lowest BCUT2D eigenvalue weighted by Crippen LogP contribution is -2.28. The summed E-state index contributed by atoms with van der Waals surface area (Å²) in [5.74, 6) is -1.02. The molecule has 1 saturated carbocycles. The van der Waals surface area contributed by atoms with Gasteiger partial charge in [0.2, 0.25) is 0 Å². The van der Waals surface area contributed by atoms with Crippen molar-refractivity contribution < 1.29 is 40.0 Å². The second kappa shape index (κ2) is 7.43. The molecule has 0 saturated heterocycles. The molecule has 0 N–H and O–H groups in total. The van der Waals surface area contributed by atoms with Crippen LogP contribution < -0.4 is 4.18 Å². The van der Waals surface area contributed by atoms with E-state index >= 15 is 0 Å². The van der Waals surface area contributed by atoms with E-state index in [1.807, 2.05) is 6.92 Å². The molecule has 6 nitrogen and oxygen atoms in total. The van der Waals surface area contributed by atoms with Crippen molar-refractivity contribution in [3.05, 3.63) is 29.8 Å². The first-order chi connectivity index (χ1) is 12.1. The smallest absolute Gasteiger partial charge is 0.468 e. The topological polar surface area (TPSA) is 78.9 Å². The lowest BCUT2D eigenvalue weighted by Gasteiger charge is -2.16. The van der Waals surface area contributed by atoms with Gasteiger partial charge in [-0.05, 0) is 30.5 Å². The summed E-state index contributed by atoms with van der Waals surface area (Å²) < 4.78 is 73.7. The highest BCUT2D eigenvalue weighted by atomic mass is 32.2. The Morgan fingerprint density at radius 2 is 1.88 bits per heavy atom. The largest absolute Gasteiger partial charge is 0.534 e. The van der Waals surface area contributed by atoms with E-state index in [0.717, 1.165) is 25.0 Å². The number of benzene rings is 1. The van der Waals surface area contributed by atoms with Crippen LogP contribution in [0.3, 0.4) is 0 Å². The van der Waals surface area contributed by atoms with Gasteiger partial charge in [-0.15, -0.1) is 0 Å². The first kappa shape index (κ1) is 20.5. The first-order valence-electron chi connectivity index (χ1n) is 7.90. The zero-order chi connectivity index (χ0) is 19.6. The SMILES string of the molecule is CCCCO[C@@H]1C[C@]1(C(=O)OC)c1ccc(OS(=O)(=O)C(F)(F)F)cc1. The molecule has 0 spiro atoms. The molecule has 26 heavy (non-hydrogen) atoms. The van der Waals surface area contributed by atoms with Gasteiger partial charge in [0.15, 0.2) is 0 Å². The summed E-state index contributed by atoms with van der Waals surface area (Å²) >= 11 is 0. The Bertz CT molecular complexity index is 744. The van der Waals surface area contributed by atoms with E-state index in [0.29, 0.717) is 18.6 Å². The summed E-state index contributed by atoms with van der Waals surface area (Å²) in [6.45, 7) is 2.47. The molecule has 1 fully saturated rings. The molecule has 1 aromatic rings.